The van der Waals surface area contributed by atoms with Crippen LogP contribution in [-0.2, 0) is 0 Å². The number of aromatic nitrogens is 2. The second kappa shape index (κ2) is 14.6. The van der Waals surface area contributed by atoms with E-state index in [1.807, 2.05) is 12.1 Å². The van der Waals surface area contributed by atoms with E-state index in [0.717, 1.165) is 77.5 Å². The lowest BCUT2D eigenvalue weighted by molar-refractivity contribution is 0.673. The van der Waals surface area contributed by atoms with Crippen molar-refractivity contribution >= 4 is 32.7 Å². The van der Waals surface area contributed by atoms with E-state index < -0.39 is 0 Å². The molecule has 11 rings (SSSR count). The van der Waals surface area contributed by atoms with Gasteiger partial charge >= 0.3 is 0 Å². The molecule has 276 valence electrons. The van der Waals surface area contributed by atoms with Crippen LogP contribution in [0.15, 0.2) is 223 Å². The lowest BCUT2D eigenvalue weighted by Crippen LogP contribution is -1.96. The molecule has 2 aromatic heterocycles. The molecule has 0 bridgehead atoms. The van der Waals surface area contributed by atoms with E-state index in [1.165, 1.54) is 27.8 Å². The number of fused-ring (bicyclic) bond motifs is 5. The summed E-state index contributed by atoms with van der Waals surface area (Å²) in [4.78, 5) is 10.6. The van der Waals surface area contributed by atoms with Gasteiger partial charge in [0.25, 0.3) is 0 Å². The van der Waals surface area contributed by atoms with E-state index in [0.29, 0.717) is 5.82 Å². The van der Waals surface area contributed by atoms with Crippen LogP contribution in [0.25, 0.3) is 111 Å². The molecule has 0 spiro atoms. The van der Waals surface area contributed by atoms with Crippen LogP contribution >= 0.6 is 0 Å². The van der Waals surface area contributed by atoms with E-state index in [9.17, 15) is 0 Å². The summed E-state index contributed by atoms with van der Waals surface area (Å²) in [5.41, 5.74) is 15.6. The van der Waals surface area contributed by atoms with Crippen LogP contribution in [0.4, 0.5) is 0 Å². The second-order valence-corrected chi connectivity index (χ2v) is 14.9. The Hall–Kier alpha value is -7.88. The van der Waals surface area contributed by atoms with E-state index in [4.69, 9.17) is 14.4 Å². The van der Waals surface area contributed by atoms with Crippen molar-refractivity contribution < 1.29 is 4.42 Å². The molecule has 0 atom stereocenters. The first-order valence-corrected chi connectivity index (χ1v) is 20.0. The highest BCUT2D eigenvalue weighted by Crippen LogP contribution is 2.43. The summed E-state index contributed by atoms with van der Waals surface area (Å²) in [6, 6.07) is 76.8. The summed E-state index contributed by atoms with van der Waals surface area (Å²) in [6.07, 6.45) is 0. The Bertz CT molecular complexity index is 3160. The van der Waals surface area contributed by atoms with Crippen LogP contribution in [0.2, 0.25) is 0 Å². The Morgan fingerprint density at radius 3 is 1.15 bits per heavy atom. The minimum atomic E-state index is 0.613. The molecule has 0 saturated heterocycles. The maximum Gasteiger partial charge on any atom is 0.164 e. The van der Waals surface area contributed by atoms with Crippen LogP contribution in [-0.4, -0.2) is 9.97 Å². The average molecular weight is 753 g/mol. The maximum atomic E-state index is 6.96. The zero-order valence-corrected chi connectivity index (χ0v) is 32.1. The molecule has 0 amide bonds. The molecule has 0 aliphatic rings. The summed E-state index contributed by atoms with van der Waals surface area (Å²) >= 11 is 0. The molecular formula is C56H36N2O. The fraction of sp³-hybridized carbons (Fsp3) is 0. The molecule has 59 heavy (non-hydrogen) atoms. The third-order valence-corrected chi connectivity index (χ3v) is 11.4. The summed E-state index contributed by atoms with van der Waals surface area (Å²) in [6.45, 7) is 0. The van der Waals surface area contributed by atoms with Crippen molar-refractivity contribution in [1.29, 1.82) is 0 Å². The van der Waals surface area contributed by atoms with Gasteiger partial charge in [0.2, 0.25) is 0 Å². The molecule has 3 nitrogen and oxygen atoms in total. The number of para-hydroxylation sites is 1. The normalized spacial score (nSPS) is 11.4. The van der Waals surface area contributed by atoms with Gasteiger partial charge in [0.15, 0.2) is 5.82 Å². The first-order valence-electron chi connectivity index (χ1n) is 20.0. The van der Waals surface area contributed by atoms with Gasteiger partial charge in [-0.3, -0.25) is 0 Å². The molecular weight excluding hydrogens is 717 g/mol. The van der Waals surface area contributed by atoms with Crippen molar-refractivity contribution in [2.24, 2.45) is 0 Å². The van der Waals surface area contributed by atoms with Gasteiger partial charge in [-0.2, -0.15) is 0 Å². The zero-order valence-electron chi connectivity index (χ0n) is 32.1. The SMILES string of the molecule is c1ccc(-c2ccc(-c3cc(-c4ccc(-c5ccccc5)cc4)nc(-c4cccc5c4oc4c6ccccc6c(-c6ccc(-c7ccccc7)cc6)cc54)n3)cc2)cc1. The molecule has 0 aliphatic heterocycles. The number of nitrogens with zero attached hydrogens (tertiary/aromatic N) is 2. The fourth-order valence-electron chi connectivity index (χ4n) is 8.30. The molecule has 0 aliphatic carbocycles. The first kappa shape index (κ1) is 34.4. The Kier molecular flexibility index (Phi) is 8.49. The van der Waals surface area contributed by atoms with Gasteiger partial charge in [-0.05, 0) is 68.1 Å². The van der Waals surface area contributed by atoms with Gasteiger partial charge in [0.05, 0.1) is 17.0 Å². The molecule has 0 unspecified atom stereocenters. The maximum absolute atomic E-state index is 6.96. The predicted molar refractivity (Wildman–Crippen MR) is 245 cm³/mol. The summed E-state index contributed by atoms with van der Waals surface area (Å²) < 4.78 is 6.96. The molecule has 0 radical (unpaired) electrons. The number of benzene rings is 9. The topological polar surface area (TPSA) is 38.9 Å². The number of rotatable bonds is 7. The van der Waals surface area contributed by atoms with Gasteiger partial charge in [-0.15, -0.1) is 0 Å². The summed E-state index contributed by atoms with van der Waals surface area (Å²) in [5.74, 6) is 0.613. The van der Waals surface area contributed by atoms with Crippen molar-refractivity contribution in [3.05, 3.63) is 218 Å². The second-order valence-electron chi connectivity index (χ2n) is 14.9. The molecule has 0 saturated carbocycles. The molecule has 11 aromatic rings. The largest absolute Gasteiger partial charge is 0.455 e. The lowest BCUT2D eigenvalue weighted by atomic mass is 9.94. The number of hydrogen-bond acceptors (Lipinski definition) is 3. The average Bonchev–Trinajstić information content (AvgIpc) is 3.71. The van der Waals surface area contributed by atoms with Crippen LogP contribution in [0, 0.1) is 0 Å². The first-order chi connectivity index (χ1) is 29.2. The molecule has 2 heterocycles. The highest BCUT2D eigenvalue weighted by molar-refractivity contribution is 6.20. The summed E-state index contributed by atoms with van der Waals surface area (Å²) in [7, 11) is 0. The standard InChI is InChI=1S/C56H36N2O/c1-4-13-37(14-5-1)40-23-29-43(30-24-40)50-35-51-48-21-12-22-49(54(48)59-55(51)47-20-11-10-19-46(47)50)56-57-52(44-31-25-41(26-32-44)38-15-6-2-7-16-38)36-53(58-56)45-33-27-42(28-34-45)39-17-8-3-9-18-39/h1-36H. The van der Waals surface area contributed by atoms with Crippen molar-refractivity contribution in [3.8, 4) is 78.4 Å². The van der Waals surface area contributed by atoms with Gasteiger partial charge in [0, 0.05) is 27.3 Å². The van der Waals surface area contributed by atoms with Gasteiger partial charge in [-0.25, -0.2) is 9.97 Å². The van der Waals surface area contributed by atoms with E-state index in [2.05, 4.69) is 206 Å². The summed E-state index contributed by atoms with van der Waals surface area (Å²) in [5, 5.41) is 4.31. The van der Waals surface area contributed by atoms with Gasteiger partial charge in [0.1, 0.15) is 11.2 Å². The Morgan fingerprint density at radius 2 is 0.644 bits per heavy atom. The Morgan fingerprint density at radius 1 is 0.254 bits per heavy atom. The third-order valence-electron chi connectivity index (χ3n) is 11.4. The predicted octanol–water partition coefficient (Wildman–Crippen LogP) is 15.2. The number of hydrogen-bond donors (Lipinski definition) is 0. The lowest BCUT2D eigenvalue weighted by Gasteiger charge is -2.11. The van der Waals surface area contributed by atoms with E-state index >= 15 is 0 Å². The monoisotopic (exact) mass is 752 g/mol. The molecule has 3 heteroatoms. The smallest absolute Gasteiger partial charge is 0.164 e. The van der Waals surface area contributed by atoms with Crippen molar-refractivity contribution in [2.45, 2.75) is 0 Å². The molecule has 0 fully saturated rings. The van der Waals surface area contributed by atoms with E-state index in [-0.39, 0.29) is 0 Å². The van der Waals surface area contributed by atoms with Gasteiger partial charge < -0.3 is 4.42 Å². The molecule has 0 N–H and O–H groups in total. The highest BCUT2D eigenvalue weighted by Gasteiger charge is 2.20. The Balaban J connectivity index is 1.06. The third kappa shape index (κ3) is 6.36. The Labute approximate surface area is 342 Å². The fourth-order valence-corrected chi connectivity index (χ4v) is 8.30. The quantitative estimate of drug-likeness (QED) is 0.163. The van der Waals surface area contributed by atoms with Crippen molar-refractivity contribution in [1.82, 2.24) is 9.97 Å². The zero-order chi connectivity index (χ0) is 39.1. The minimum Gasteiger partial charge on any atom is -0.455 e. The van der Waals surface area contributed by atoms with Crippen LogP contribution in [0.3, 0.4) is 0 Å². The molecule has 9 aromatic carbocycles. The van der Waals surface area contributed by atoms with Gasteiger partial charge in [-0.1, -0.05) is 200 Å². The minimum absolute atomic E-state index is 0.613. The van der Waals surface area contributed by atoms with Crippen LogP contribution < -0.4 is 0 Å². The van der Waals surface area contributed by atoms with Crippen LogP contribution in [0.5, 0.6) is 0 Å². The van der Waals surface area contributed by atoms with Crippen molar-refractivity contribution in [3.63, 3.8) is 0 Å². The van der Waals surface area contributed by atoms with Crippen LogP contribution in [0.1, 0.15) is 0 Å². The van der Waals surface area contributed by atoms with E-state index in [1.54, 1.807) is 0 Å². The number of furan rings is 1. The van der Waals surface area contributed by atoms with Crippen molar-refractivity contribution in [2.75, 3.05) is 0 Å². The highest BCUT2D eigenvalue weighted by atomic mass is 16.3.